The molecule has 6 heteroatoms. The minimum atomic E-state index is -3.91. The first kappa shape index (κ1) is 20.1. The quantitative estimate of drug-likeness (QED) is 0.581. The molecule has 3 aromatic rings. The molecule has 3 aromatic carbocycles. The molecule has 0 radical (unpaired) electrons. The van der Waals surface area contributed by atoms with Gasteiger partial charge in [0.2, 0.25) is 0 Å². The van der Waals surface area contributed by atoms with Crippen LogP contribution >= 0.6 is 0 Å². The monoisotopic (exact) mass is 398 g/mol. The van der Waals surface area contributed by atoms with Crippen molar-refractivity contribution in [2.24, 2.45) is 0 Å². The second-order valence-corrected chi connectivity index (χ2v) is 8.03. The lowest BCUT2D eigenvalue weighted by molar-refractivity contribution is 0.111. The molecule has 0 heterocycles. The first-order valence-electron chi connectivity index (χ1n) is 8.85. The lowest BCUT2D eigenvalue weighted by Gasteiger charge is -2.13. The summed E-state index contributed by atoms with van der Waals surface area (Å²) in [6, 6.07) is 23.0. The molecule has 0 fully saturated rings. The zero-order valence-electron chi connectivity index (χ0n) is 15.5. The standard InChI is InChI=1S/C22H22O5S/c1-17-7-13-21(14-8-17)28(24,25)27-16-22(23)19-9-11-20(12-10-19)26-15-18-5-3-2-4-6-18/h2-14,22-23H,15-16H2,1H3/t22-/m0/s1. The van der Waals surface area contributed by atoms with E-state index in [4.69, 9.17) is 8.92 Å². The van der Waals surface area contributed by atoms with E-state index in [0.29, 0.717) is 17.9 Å². The van der Waals surface area contributed by atoms with Gasteiger partial charge < -0.3 is 9.84 Å². The number of aliphatic hydroxyl groups is 1. The average Bonchev–Trinajstić information content (AvgIpc) is 2.72. The molecular formula is C22H22O5S. The minimum Gasteiger partial charge on any atom is -0.489 e. The Bertz CT molecular complexity index is 981. The van der Waals surface area contributed by atoms with E-state index in [0.717, 1.165) is 11.1 Å². The van der Waals surface area contributed by atoms with Crippen molar-refractivity contribution in [3.63, 3.8) is 0 Å². The number of ether oxygens (including phenoxy) is 1. The van der Waals surface area contributed by atoms with Crippen molar-refractivity contribution in [1.82, 2.24) is 0 Å². The van der Waals surface area contributed by atoms with Crippen molar-refractivity contribution >= 4 is 10.1 Å². The average molecular weight is 398 g/mol. The molecule has 0 aliphatic heterocycles. The molecule has 0 saturated carbocycles. The SMILES string of the molecule is Cc1ccc(S(=O)(=O)OC[C@H](O)c2ccc(OCc3ccccc3)cc2)cc1. The van der Waals surface area contributed by atoms with Crippen molar-refractivity contribution in [3.05, 3.63) is 95.6 Å². The highest BCUT2D eigenvalue weighted by atomic mass is 32.2. The summed E-state index contributed by atoms with van der Waals surface area (Å²) < 4.78 is 35.1. The maximum atomic E-state index is 12.2. The second-order valence-electron chi connectivity index (χ2n) is 6.41. The molecule has 1 atom stereocenters. The Labute approximate surface area is 165 Å². The lowest BCUT2D eigenvalue weighted by atomic mass is 10.1. The number of rotatable bonds is 8. The van der Waals surface area contributed by atoms with Gasteiger partial charge in [0.05, 0.1) is 11.5 Å². The molecule has 0 spiro atoms. The van der Waals surface area contributed by atoms with E-state index in [2.05, 4.69) is 0 Å². The van der Waals surface area contributed by atoms with Gasteiger partial charge in [-0.3, -0.25) is 4.18 Å². The van der Waals surface area contributed by atoms with Gasteiger partial charge in [-0.25, -0.2) is 0 Å². The highest BCUT2D eigenvalue weighted by Gasteiger charge is 2.18. The molecule has 0 saturated heterocycles. The zero-order chi connectivity index (χ0) is 20.0. The van der Waals surface area contributed by atoms with Gasteiger partial charge in [-0.1, -0.05) is 60.2 Å². The zero-order valence-corrected chi connectivity index (χ0v) is 16.3. The van der Waals surface area contributed by atoms with Crippen molar-refractivity contribution in [2.45, 2.75) is 24.5 Å². The molecule has 146 valence electrons. The van der Waals surface area contributed by atoms with Gasteiger partial charge in [-0.05, 0) is 42.3 Å². The first-order chi connectivity index (χ1) is 13.4. The molecular weight excluding hydrogens is 376 g/mol. The predicted molar refractivity (Wildman–Crippen MR) is 106 cm³/mol. The fourth-order valence-electron chi connectivity index (χ4n) is 2.55. The van der Waals surface area contributed by atoms with Gasteiger partial charge in [-0.2, -0.15) is 8.42 Å². The van der Waals surface area contributed by atoms with Crippen LogP contribution in [0.25, 0.3) is 0 Å². The second kappa shape index (κ2) is 9.01. The molecule has 0 bridgehead atoms. The van der Waals surface area contributed by atoms with E-state index >= 15 is 0 Å². The van der Waals surface area contributed by atoms with Gasteiger partial charge in [0.15, 0.2) is 0 Å². The molecule has 0 aliphatic rings. The fraction of sp³-hybridized carbons (Fsp3) is 0.182. The number of aliphatic hydroxyl groups excluding tert-OH is 1. The lowest BCUT2D eigenvalue weighted by Crippen LogP contribution is -2.13. The van der Waals surface area contributed by atoms with Gasteiger partial charge in [0.1, 0.15) is 18.5 Å². The Morgan fingerprint density at radius 3 is 2.18 bits per heavy atom. The van der Waals surface area contributed by atoms with Gasteiger partial charge in [0, 0.05) is 0 Å². The van der Waals surface area contributed by atoms with Crippen molar-refractivity contribution in [2.75, 3.05) is 6.61 Å². The number of benzene rings is 3. The molecule has 0 unspecified atom stereocenters. The third-order valence-electron chi connectivity index (χ3n) is 4.20. The Kier molecular flexibility index (Phi) is 6.46. The maximum Gasteiger partial charge on any atom is 0.297 e. The molecule has 0 aliphatic carbocycles. The fourth-order valence-corrected chi connectivity index (χ4v) is 3.46. The molecule has 5 nitrogen and oxygen atoms in total. The van der Waals surface area contributed by atoms with E-state index in [9.17, 15) is 13.5 Å². The van der Waals surface area contributed by atoms with Gasteiger partial charge >= 0.3 is 0 Å². The summed E-state index contributed by atoms with van der Waals surface area (Å²) in [4.78, 5) is 0.0648. The highest BCUT2D eigenvalue weighted by molar-refractivity contribution is 7.86. The summed E-state index contributed by atoms with van der Waals surface area (Å²) in [6.45, 7) is 1.95. The normalized spacial score (nSPS) is 12.5. The smallest absolute Gasteiger partial charge is 0.297 e. The van der Waals surface area contributed by atoms with Crippen LogP contribution in [0.5, 0.6) is 5.75 Å². The van der Waals surface area contributed by atoms with Crippen LogP contribution in [0.1, 0.15) is 22.8 Å². The maximum absolute atomic E-state index is 12.2. The van der Waals surface area contributed by atoms with Crippen molar-refractivity contribution in [1.29, 1.82) is 0 Å². The van der Waals surface area contributed by atoms with Crippen LogP contribution < -0.4 is 4.74 Å². The molecule has 3 rings (SSSR count). The third-order valence-corrected chi connectivity index (χ3v) is 5.50. The Balaban J connectivity index is 1.55. The highest BCUT2D eigenvalue weighted by Crippen LogP contribution is 2.21. The summed E-state index contributed by atoms with van der Waals surface area (Å²) in [6.07, 6.45) is -1.07. The van der Waals surface area contributed by atoms with Crippen LogP contribution in [0.2, 0.25) is 0 Å². The van der Waals surface area contributed by atoms with Crippen LogP contribution in [0.4, 0.5) is 0 Å². The summed E-state index contributed by atoms with van der Waals surface area (Å²) in [7, 11) is -3.91. The van der Waals surface area contributed by atoms with Crippen LogP contribution in [0, 0.1) is 6.92 Å². The molecule has 0 aromatic heterocycles. The van der Waals surface area contributed by atoms with Crippen LogP contribution in [0.3, 0.4) is 0 Å². The number of aryl methyl sites for hydroxylation is 1. The van der Waals surface area contributed by atoms with E-state index < -0.39 is 16.2 Å². The largest absolute Gasteiger partial charge is 0.489 e. The van der Waals surface area contributed by atoms with Gasteiger partial charge in [0.25, 0.3) is 10.1 Å². The Morgan fingerprint density at radius 1 is 0.893 bits per heavy atom. The first-order valence-corrected chi connectivity index (χ1v) is 10.3. The van der Waals surface area contributed by atoms with E-state index in [1.54, 1.807) is 36.4 Å². The Morgan fingerprint density at radius 2 is 1.54 bits per heavy atom. The van der Waals surface area contributed by atoms with Crippen LogP contribution in [0.15, 0.2) is 83.8 Å². The minimum absolute atomic E-state index is 0.0648. The Hall–Kier alpha value is -2.67. The molecule has 28 heavy (non-hydrogen) atoms. The summed E-state index contributed by atoms with van der Waals surface area (Å²) in [5.74, 6) is 0.660. The van der Waals surface area contributed by atoms with Gasteiger partial charge in [-0.15, -0.1) is 0 Å². The third kappa shape index (κ3) is 5.42. The molecule has 0 amide bonds. The van der Waals surface area contributed by atoms with E-state index in [-0.39, 0.29) is 11.5 Å². The van der Waals surface area contributed by atoms with E-state index in [1.807, 2.05) is 37.3 Å². The molecule has 1 N–H and O–H groups in total. The summed E-state index contributed by atoms with van der Waals surface area (Å²) in [5.41, 5.74) is 2.56. The summed E-state index contributed by atoms with van der Waals surface area (Å²) >= 11 is 0. The number of hydrogen-bond acceptors (Lipinski definition) is 5. The predicted octanol–water partition coefficient (Wildman–Crippen LogP) is 4.01. The number of hydrogen-bond donors (Lipinski definition) is 1. The van der Waals surface area contributed by atoms with Crippen molar-refractivity contribution in [3.8, 4) is 5.75 Å². The van der Waals surface area contributed by atoms with Crippen molar-refractivity contribution < 1.29 is 22.4 Å². The van der Waals surface area contributed by atoms with Crippen LogP contribution in [-0.2, 0) is 20.9 Å². The summed E-state index contributed by atoms with van der Waals surface area (Å²) in [5, 5.41) is 10.2. The van der Waals surface area contributed by atoms with Crippen LogP contribution in [-0.4, -0.2) is 20.1 Å². The van der Waals surface area contributed by atoms with E-state index in [1.165, 1.54) is 12.1 Å². The topological polar surface area (TPSA) is 72.8 Å².